The highest BCUT2D eigenvalue weighted by atomic mass is 16.6. The standard InChI is InChI=1S/C12H15N3O2/c1-12(2,3)17-11(16)14-15-8-13-9-6-4-5-7-10(9)15/h4-8H,1-3H3,(H,14,16). The number of nitrogens with one attached hydrogen (secondary N) is 1. The lowest BCUT2D eigenvalue weighted by atomic mass is 10.2. The van der Waals surface area contributed by atoms with E-state index in [-0.39, 0.29) is 0 Å². The minimum absolute atomic E-state index is 0.499. The smallest absolute Gasteiger partial charge is 0.427 e. The van der Waals surface area contributed by atoms with Crippen LogP contribution in [0.1, 0.15) is 20.8 Å². The van der Waals surface area contributed by atoms with Crippen molar-refractivity contribution in [3.8, 4) is 0 Å². The Morgan fingerprint density at radius 1 is 1.35 bits per heavy atom. The summed E-state index contributed by atoms with van der Waals surface area (Å²) in [6, 6.07) is 7.53. The van der Waals surface area contributed by atoms with E-state index in [9.17, 15) is 4.79 Å². The van der Waals surface area contributed by atoms with E-state index in [4.69, 9.17) is 4.74 Å². The summed E-state index contributed by atoms with van der Waals surface area (Å²) >= 11 is 0. The third-order valence-electron chi connectivity index (χ3n) is 2.06. The van der Waals surface area contributed by atoms with Crippen molar-refractivity contribution in [1.82, 2.24) is 9.66 Å². The lowest BCUT2D eigenvalue weighted by Gasteiger charge is -2.19. The minimum atomic E-state index is -0.513. The van der Waals surface area contributed by atoms with E-state index < -0.39 is 11.7 Å². The van der Waals surface area contributed by atoms with Crippen LogP contribution in [0.5, 0.6) is 0 Å². The van der Waals surface area contributed by atoms with E-state index in [1.165, 1.54) is 0 Å². The van der Waals surface area contributed by atoms with Crippen molar-refractivity contribution in [3.05, 3.63) is 30.6 Å². The monoisotopic (exact) mass is 233 g/mol. The molecule has 0 fully saturated rings. The SMILES string of the molecule is CC(C)(C)OC(=O)Nn1cnc2ccccc21. The molecular formula is C12H15N3O2. The van der Waals surface area contributed by atoms with Gasteiger partial charge in [0.15, 0.2) is 0 Å². The molecule has 1 aromatic heterocycles. The summed E-state index contributed by atoms with van der Waals surface area (Å²) in [4.78, 5) is 15.7. The molecule has 0 saturated heterocycles. The average molecular weight is 233 g/mol. The van der Waals surface area contributed by atoms with Gasteiger partial charge in [0.2, 0.25) is 0 Å². The van der Waals surface area contributed by atoms with Crippen molar-refractivity contribution >= 4 is 17.1 Å². The Kier molecular flexibility index (Phi) is 2.75. The first kappa shape index (κ1) is 11.4. The Morgan fingerprint density at radius 2 is 2.06 bits per heavy atom. The molecule has 0 saturated carbocycles. The molecule has 5 heteroatoms. The van der Waals surface area contributed by atoms with Gasteiger partial charge in [-0.3, -0.25) is 0 Å². The van der Waals surface area contributed by atoms with Gasteiger partial charge in [0.1, 0.15) is 11.9 Å². The molecule has 2 aromatic rings. The number of hydrogen-bond donors (Lipinski definition) is 1. The predicted molar refractivity (Wildman–Crippen MR) is 65.3 cm³/mol. The molecule has 1 amide bonds. The van der Waals surface area contributed by atoms with Crippen molar-refractivity contribution in [2.45, 2.75) is 26.4 Å². The van der Waals surface area contributed by atoms with Gasteiger partial charge in [0.05, 0.1) is 11.0 Å². The predicted octanol–water partition coefficient (Wildman–Crippen LogP) is 2.51. The molecule has 90 valence electrons. The van der Waals surface area contributed by atoms with E-state index in [0.29, 0.717) is 0 Å². The van der Waals surface area contributed by atoms with E-state index in [0.717, 1.165) is 11.0 Å². The van der Waals surface area contributed by atoms with Gasteiger partial charge in [-0.15, -0.1) is 0 Å². The number of nitrogens with zero attached hydrogens (tertiary/aromatic N) is 2. The summed E-state index contributed by atoms with van der Waals surface area (Å²) < 4.78 is 6.71. The summed E-state index contributed by atoms with van der Waals surface area (Å²) in [5.74, 6) is 0. The number of ether oxygens (including phenoxy) is 1. The molecule has 5 nitrogen and oxygen atoms in total. The van der Waals surface area contributed by atoms with Crippen LogP contribution in [0.4, 0.5) is 4.79 Å². The topological polar surface area (TPSA) is 56.1 Å². The first-order valence-corrected chi connectivity index (χ1v) is 5.38. The zero-order valence-electron chi connectivity index (χ0n) is 10.1. The molecule has 0 unspecified atom stereocenters. The first-order valence-electron chi connectivity index (χ1n) is 5.38. The molecule has 1 N–H and O–H groups in total. The molecule has 0 spiro atoms. The highest BCUT2D eigenvalue weighted by molar-refractivity contribution is 5.81. The van der Waals surface area contributed by atoms with Crippen molar-refractivity contribution in [2.24, 2.45) is 0 Å². The molecule has 2 rings (SSSR count). The van der Waals surface area contributed by atoms with Crippen molar-refractivity contribution < 1.29 is 9.53 Å². The molecule has 0 aliphatic carbocycles. The number of aromatic nitrogens is 2. The molecule has 1 heterocycles. The number of rotatable bonds is 1. The zero-order chi connectivity index (χ0) is 12.5. The quantitative estimate of drug-likeness (QED) is 0.823. The molecule has 0 bridgehead atoms. The highest BCUT2D eigenvalue weighted by Gasteiger charge is 2.16. The number of fused-ring (bicyclic) bond motifs is 1. The number of imidazole rings is 1. The third-order valence-corrected chi connectivity index (χ3v) is 2.06. The van der Waals surface area contributed by atoms with Gasteiger partial charge in [-0.2, -0.15) is 0 Å². The Morgan fingerprint density at radius 3 is 2.76 bits per heavy atom. The summed E-state index contributed by atoms with van der Waals surface area (Å²) in [5.41, 5.74) is 3.76. The fourth-order valence-electron chi connectivity index (χ4n) is 1.45. The lowest BCUT2D eigenvalue weighted by molar-refractivity contribution is 0.0614. The second kappa shape index (κ2) is 4.08. The van der Waals surface area contributed by atoms with Crippen LogP contribution < -0.4 is 5.43 Å². The molecule has 17 heavy (non-hydrogen) atoms. The van der Waals surface area contributed by atoms with Crippen molar-refractivity contribution in [2.75, 3.05) is 5.43 Å². The van der Waals surface area contributed by atoms with Crippen molar-refractivity contribution in [3.63, 3.8) is 0 Å². The Balaban J connectivity index is 2.16. The second-order valence-electron chi connectivity index (χ2n) is 4.72. The summed E-state index contributed by atoms with van der Waals surface area (Å²) in [7, 11) is 0. The van der Waals surface area contributed by atoms with Gasteiger partial charge in [0.25, 0.3) is 0 Å². The van der Waals surface area contributed by atoms with Crippen LogP contribution in [0.2, 0.25) is 0 Å². The van der Waals surface area contributed by atoms with Crippen LogP contribution >= 0.6 is 0 Å². The maximum Gasteiger partial charge on any atom is 0.427 e. The van der Waals surface area contributed by atoms with E-state index in [1.54, 1.807) is 11.0 Å². The Hall–Kier alpha value is -2.04. The minimum Gasteiger partial charge on any atom is -0.443 e. The van der Waals surface area contributed by atoms with E-state index in [1.807, 2.05) is 45.0 Å². The number of amides is 1. The van der Waals surface area contributed by atoms with Gasteiger partial charge in [-0.05, 0) is 32.9 Å². The molecule has 0 aliphatic heterocycles. The number of benzene rings is 1. The zero-order valence-corrected chi connectivity index (χ0v) is 10.1. The summed E-state index contributed by atoms with van der Waals surface area (Å²) in [6.07, 6.45) is 1.05. The molecular weight excluding hydrogens is 218 g/mol. The van der Waals surface area contributed by atoms with Gasteiger partial charge < -0.3 is 4.74 Å². The fourth-order valence-corrected chi connectivity index (χ4v) is 1.45. The molecule has 1 aromatic carbocycles. The van der Waals surface area contributed by atoms with Gasteiger partial charge >= 0.3 is 6.09 Å². The Bertz CT molecular complexity index is 540. The van der Waals surface area contributed by atoms with E-state index in [2.05, 4.69) is 10.4 Å². The summed E-state index contributed by atoms with van der Waals surface area (Å²) in [5, 5.41) is 0. The highest BCUT2D eigenvalue weighted by Crippen LogP contribution is 2.11. The molecule has 0 atom stereocenters. The third kappa shape index (κ3) is 2.75. The van der Waals surface area contributed by atoms with Crippen LogP contribution in [-0.2, 0) is 4.74 Å². The van der Waals surface area contributed by atoms with Crippen LogP contribution in [-0.4, -0.2) is 21.4 Å². The number of carbonyl (C=O) groups is 1. The van der Waals surface area contributed by atoms with Gasteiger partial charge in [-0.25, -0.2) is 19.9 Å². The number of hydrogen-bond acceptors (Lipinski definition) is 3. The average Bonchev–Trinajstić information content (AvgIpc) is 2.59. The normalized spacial score (nSPS) is 11.5. The maximum atomic E-state index is 11.6. The van der Waals surface area contributed by atoms with Crippen LogP contribution in [0, 0.1) is 0 Å². The first-order chi connectivity index (χ1) is 7.96. The Labute approximate surface area is 99.4 Å². The van der Waals surface area contributed by atoms with Crippen LogP contribution in [0.3, 0.4) is 0 Å². The number of carbonyl (C=O) groups excluding carboxylic acids is 1. The van der Waals surface area contributed by atoms with Crippen LogP contribution in [0.25, 0.3) is 11.0 Å². The largest absolute Gasteiger partial charge is 0.443 e. The second-order valence-corrected chi connectivity index (χ2v) is 4.72. The van der Waals surface area contributed by atoms with Gasteiger partial charge in [0, 0.05) is 0 Å². The molecule has 0 aliphatic rings. The maximum absolute atomic E-state index is 11.6. The molecule has 0 radical (unpaired) electrons. The van der Waals surface area contributed by atoms with Gasteiger partial charge in [-0.1, -0.05) is 12.1 Å². The van der Waals surface area contributed by atoms with Crippen LogP contribution in [0.15, 0.2) is 30.6 Å². The summed E-state index contributed by atoms with van der Waals surface area (Å²) in [6.45, 7) is 5.45. The van der Waals surface area contributed by atoms with E-state index >= 15 is 0 Å². The fraction of sp³-hybridized carbons (Fsp3) is 0.333. The lowest BCUT2D eigenvalue weighted by Crippen LogP contribution is -2.31. The van der Waals surface area contributed by atoms with Crippen molar-refractivity contribution in [1.29, 1.82) is 0 Å². The number of para-hydroxylation sites is 2.